The number of carboxylic acid groups (broad SMARTS) is 1. The number of carbonyl (C=O) groups is 2. The van der Waals surface area contributed by atoms with Crippen molar-refractivity contribution in [2.24, 2.45) is 0 Å². The Labute approximate surface area is 199 Å². The highest BCUT2D eigenvalue weighted by molar-refractivity contribution is 5.89. The molecule has 5 rings (SSSR count). The van der Waals surface area contributed by atoms with Crippen molar-refractivity contribution in [1.29, 1.82) is 0 Å². The summed E-state index contributed by atoms with van der Waals surface area (Å²) in [6.07, 6.45) is -5.22. The van der Waals surface area contributed by atoms with Crippen molar-refractivity contribution < 1.29 is 32.6 Å². The highest BCUT2D eigenvalue weighted by atomic mass is 19.4. The molecule has 3 aromatic rings. The monoisotopic (exact) mass is 502 g/mol. The lowest BCUT2D eigenvalue weighted by Gasteiger charge is -2.18. The molecule has 1 atom stereocenters. The zero-order valence-electron chi connectivity index (χ0n) is 18.4. The summed E-state index contributed by atoms with van der Waals surface area (Å²) in [5.74, 6) is -1.69. The lowest BCUT2D eigenvalue weighted by atomic mass is 10.0. The molecule has 10 nitrogen and oxygen atoms in total. The normalized spacial score (nSPS) is 17.2. The van der Waals surface area contributed by atoms with E-state index in [2.05, 4.69) is 5.10 Å². The Morgan fingerprint density at radius 1 is 1.06 bits per heavy atom. The second kappa shape index (κ2) is 8.36. The average Bonchev–Trinajstić information content (AvgIpc) is 3.45. The van der Waals surface area contributed by atoms with E-state index in [1.807, 2.05) is 0 Å². The summed E-state index contributed by atoms with van der Waals surface area (Å²) < 4.78 is 46.7. The summed E-state index contributed by atoms with van der Waals surface area (Å²) in [6.45, 7) is 0.541. The van der Waals surface area contributed by atoms with Crippen LogP contribution in [0.1, 0.15) is 39.6 Å². The van der Waals surface area contributed by atoms with E-state index < -0.39 is 46.8 Å². The number of alkyl halides is 3. The van der Waals surface area contributed by atoms with Crippen LogP contribution in [0.5, 0.6) is 0 Å². The van der Waals surface area contributed by atoms with Crippen LogP contribution in [0.4, 0.5) is 23.7 Å². The zero-order valence-corrected chi connectivity index (χ0v) is 18.4. The highest BCUT2D eigenvalue weighted by Gasteiger charge is 2.39. The summed E-state index contributed by atoms with van der Waals surface area (Å²) in [7, 11) is 0. The maximum atomic E-state index is 13.5. The predicted molar refractivity (Wildman–Crippen MR) is 118 cm³/mol. The molecule has 186 valence electrons. The average molecular weight is 502 g/mol. The largest absolute Gasteiger partial charge is 0.476 e. The molecule has 2 aliphatic rings. The van der Waals surface area contributed by atoms with Gasteiger partial charge in [-0.05, 0) is 54.3 Å². The molecule has 2 aromatic carbocycles. The molecule has 1 N–H and O–H groups in total. The predicted octanol–water partition coefficient (Wildman–Crippen LogP) is 2.60. The summed E-state index contributed by atoms with van der Waals surface area (Å²) in [6, 6.07) is 8.19. The fourth-order valence-electron chi connectivity index (χ4n) is 4.63. The lowest BCUT2D eigenvalue weighted by Crippen LogP contribution is -2.45. The maximum Gasteiger partial charge on any atom is 0.416 e. The first-order valence-electron chi connectivity index (χ1n) is 10.8. The van der Waals surface area contributed by atoms with E-state index in [4.69, 9.17) is 4.74 Å². The van der Waals surface area contributed by atoms with Gasteiger partial charge in [0.2, 0.25) is 5.69 Å². The zero-order chi connectivity index (χ0) is 25.8. The number of aromatic carboxylic acids is 1. The van der Waals surface area contributed by atoms with Crippen molar-refractivity contribution in [1.82, 2.24) is 14.3 Å². The number of hydrogen-bond donors (Lipinski definition) is 1. The molecule has 1 aromatic heterocycles. The molecule has 0 bridgehead atoms. The van der Waals surface area contributed by atoms with Gasteiger partial charge in [-0.3, -0.25) is 9.69 Å². The molecular formula is C23H17F3N4O6. The molecule has 0 saturated carbocycles. The number of carboxylic acids is 1. The molecular weight excluding hydrogens is 485 g/mol. The number of benzene rings is 2. The van der Waals surface area contributed by atoms with E-state index in [1.54, 1.807) is 0 Å². The van der Waals surface area contributed by atoms with E-state index in [-0.39, 0.29) is 36.3 Å². The van der Waals surface area contributed by atoms with Gasteiger partial charge in [-0.2, -0.15) is 23.0 Å². The number of rotatable bonds is 4. The van der Waals surface area contributed by atoms with Gasteiger partial charge in [-0.25, -0.2) is 19.0 Å². The summed E-state index contributed by atoms with van der Waals surface area (Å²) in [5, 5.41) is 13.3. The van der Waals surface area contributed by atoms with Gasteiger partial charge in [-0.15, -0.1) is 0 Å². The van der Waals surface area contributed by atoms with Crippen LogP contribution in [0.2, 0.25) is 0 Å². The minimum Gasteiger partial charge on any atom is -0.476 e. The topological polar surface area (TPSA) is 124 Å². The van der Waals surface area contributed by atoms with Gasteiger partial charge in [0.1, 0.15) is 6.61 Å². The standard InChI is InChI=1S/C23H17F3N4O6/c24-23(25,26)16-3-1-2-15-14(16)8-9-17(15)29-19(31)18(20(32)33)27-30(21(29)34)13-6-4-12(5-7-13)28-10-11-36-22(28)35/h1-7,17H,8-11H2,(H,32,33)/t17-/m1/s1. The van der Waals surface area contributed by atoms with E-state index in [1.165, 1.54) is 41.3 Å². The first-order chi connectivity index (χ1) is 17.1. The quantitative estimate of drug-likeness (QED) is 0.582. The van der Waals surface area contributed by atoms with Crippen LogP contribution in [-0.2, 0) is 17.3 Å². The van der Waals surface area contributed by atoms with Gasteiger partial charge in [0.25, 0.3) is 5.56 Å². The smallest absolute Gasteiger partial charge is 0.416 e. The molecule has 0 spiro atoms. The number of fused-ring (bicyclic) bond motifs is 1. The molecule has 1 amide bonds. The highest BCUT2D eigenvalue weighted by Crippen LogP contribution is 2.41. The van der Waals surface area contributed by atoms with Crippen molar-refractivity contribution in [2.75, 3.05) is 18.1 Å². The molecule has 1 saturated heterocycles. The first kappa shape index (κ1) is 23.3. The molecule has 0 radical (unpaired) electrons. The van der Waals surface area contributed by atoms with Crippen molar-refractivity contribution in [3.05, 3.63) is 85.7 Å². The van der Waals surface area contributed by atoms with Crippen LogP contribution >= 0.6 is 0 Å². The van der Waals surface area contributed by atoms with Crippen LogP contribution in [0, 0.1) is 0 Å². The summed E-state index contributed by atoms with van der Waals surface area (Å²) in [5.41, 5.74) is -3.39. The van der Waals surface area contributed by atoms with Crippen LogP contribution in [0.25, 0.3) is 5.69 Å². The number of carbonyl (C=O) groups excluding carboxylic acids is 1. The molecule has 1 aliphatic heterocycles. The van der Waals surface area contributed by atoms with E-state index in [0.29, 0.717) is 21.5 Å². The van der Waals surface area contributed by atoms with E-state index in [9.17, 15) is 37.5 Å². The van der Waals surface area contributed by atoms with Crippen molar-refractivity contribution >= 4 is 17.7 Å². The fraction of sp³-hybridized carbons (Fsp3) is 0.261. The second-order valence-electron chi connectivity index (χ2n) is 8.23. The molecule has 1 fully saturated rings. The Morgan fingerprint density at radius 3 is 2.36 bits per heavy atom. The van der Waals surface area contributed by atoms with Crippen LogP contribution in [0.15, 0.2) is 52.1 Å². The van der Waals surface area contributed by atoms with E-state index >= 15 is 0 Å². The SMILES string of the molecule is O=C(O)c1nn(-c2ccc(N3CCOC3=O)cc2)c(=O)n([C@@H]2CCc3c2cccc3C(F)(F)F)c1=O. The minimum absolute atomic E-state index is 0.00332. The Hall–Kier alpha value is -4.42. The van der Waals surface area contributed by atoms with Gasteiger partial charge in [0, 0.05) is 5.69 Å². The van der Waals surface area contributed by atoms with Gasteiger partial charge >= 0.3 is 23.9 Å². The third-order valence-electron chi connectivity index (χ3n) is 6.23. The number of halogens is 3. The molecule has 13 heteroatoms. The number of amides is 1. The van der Waals surface area contributed by atoms with E-state index in [0.717, 1.165) is 6.07 Å². The number of ether oxygens (including phenoxy) is 1. The van der Waals surface area contributed by atoms with Gasteiger partial charge in [0.05, 0.1) is 23.8 Å². The number of anilines is 1. The lowest BCUT2D eigenvalue weighted by molar-refractivity contribution is -0.138. The van der Waals surface area contributed by atoms with Gasteiger partial charge in [0.15, 0.2) is 0 Å². The molecule has 0 unspecified atom stereocenters. The first-order valence-corrected chi connectivity index (χ1v) is 10.8. The minimum atomic E-state index is -4.63. The van der Waals surface area contributed by atoms with Crippen LogP contribution < -0.4 is 16.1 Å². The van der Waals surface area contributed by atoms with Crippen molar-refractivity contribution in [3.63, 3.8) is 0 Å². The molecule has 36 heavy (non-hydrogen) atoms. The number of hydrogen-bond acceptors (Lipinski definition) is 6. The molecule has 1 aliphatic carbocycles. The van der Waals surface area contributed by atoms with Gasteiger partial charge < -0.3 is 9.84 Å². The molecule has 2 heterocycles. The Balaban J connectivity index is 1.65. The van der Waals surface area contributed by atoms with Crippen LogP contribution in [0.3, 0.4) is 0 Å². The third-order valence-corrected chi connectivity index (χ3v) is 6.23. The number of aromatic nitrogens is 3. The van der Waals surface area contributed by atoms with Crippen molar-refractivity contribution in [2.45, 2.75) is 25.1 Å². The Kier molecular flexibility index (Phi) is 5.42. The fourth-order valence-corrected chi connectivity index (χ4v) is 4.63. The number of cyclic esters (lactones) is 1. The van der Waals surface area contributed by atoms with Crippen molar-refractivity contribution in [3.8, 4) is 5.69 Å². The Bertz CT molecular complexity index is 1510. The number of nitrogens with zero attached hydrogens (tertiary/aromatic N) is 4. The summed E-state index contributed by atoms with van der Waals surface area (Å²) in [4.78, 5) is 51.3. The Morgan fingerprint density at radius 2 is 1.75 bits per heavy atom. The maximum absolute atomic E-state index is 13.5. The second-order valence-corrected chi connectivity index (χ2v) is 8.23. The van der Waals surface area contributed by atoms with Crippen LogP contribution in [-0.4, -0.2) is 44.7 Å². The summed E-state index contributed by atoms with van der Waals surface area (Å²) >= 11 is 0. The van der Waals surface area contributed by atoms with Gasteiger partial charge in [-0.1, -0.05) is 12.1 Å². The third kappa shape index (κ3) is 3.72.